The summed E-state index contributed by atoms with van der Waals surface area (Å²) in [4.78, 5) is 27.7. The molecule has 0 aliphatic heterocycles. The van der Waals surface area contributed by atoms with E-state index in [-0.39, 0.29) is 17.3 Å². The molecule has 0 spiro atoms. The Morgan fingerprint density at radius 2 is 1.95 bits per heavy atom. The molecule has 0 radical (unpaired) electrons. The summed E-state index contributed by atoms with van der Waals surface area (Å²) in [7, 11) is 2.81. The first kappa shape index (κ1) is 15.0. The monoisotopic (exact) mass is 352 g/mol. The first-order valence-electron chi connectivity index (χ1n) is 5.91. The molecule has 0 atom stereocenters. The van der Waals surface area contributed by atoms with Crippen molar-refractivity contribution in [2.45, 2.75) is 0 Å². The standard InChI is InChI=1S/C13H13BrN4O3/c1-17-11(10(15)12(20)18(2)13(17)21)16-6-7-5-8(14)3-4-9(7)19/h3-6,19H,15H2,1-2H3/b16-6+. The van der Waals surface area contributed by atoms with Gasteiger partial charge in [-0.15, -0.1) is 0 Å². The summed E-state index contributed by atoms with van der Waals surface area (Å²) in [6, 6.07) is 4.82. The van der Waals surface area contributed by atoms with Crippen LogP contribution in [0.1, 0.15) is 5.56 Å². The van der Waals surface area contributed by atoms with Crippen molar-refractivity contribution in [3.05, 3.63) is 49.1 Å². The zero-order valence-electron chi connectivity index (χ0n) is 11.4. The summed E-state index contributed by atoms with van der Waals surface area (Å²) in [5.41, 5.74) is 4.86. The molecule has 0 saturated carbocycles. The highest BCUT2D eigenvalue weighted by Gasteiger charge is 2.11. The lowest BCUT2D eigenvalue weighted by Crippen LogP contribution is -2.38. The number of hydrogen-bond acceptors (Lipinski definition) is 5. The summed E-state index contributed by atoms with van der Waals surface area (Å²) in [6.07, 6.45) is 1.34. The average molecular weight is 353 g/mol. The van der Waals surface area contributed by atoms with Crippen molar-refractivity contribution < 1.29 is 5.11 Å². The van der Waals surface area contributed by atoms with Gasteiger partial charge in [0, 0.05) is 30.3 Å². The largest absolute Gasteiger partial charge is 0.507 e. The van der Waals surface area contributed by atoms with E-state index < -0.39 is 11.2 Å². The molecule has 0 saturated heterocycles. The van der Waals surface area contributed by atoms with Gasteiger partial charge in [-0.25, -0.2) is 9.79 Å². The van der Waals surface area contributed by atoms with Gasteiger partial charge in [-0.1, -0.05) is 15.9 Å². The minimum Gasteiger partial charge on any atom is -0.507 e. The summed E-state index contributed by atoms with van der Waals surface area (Å²) < 4.78 is 2.83. The van der Waals surface area contributed by atoms with Crippen LogP contribution in [0.2, 0.25) is 0 Å². The molecule has 8 heteroatoms. The van der Waals surface area contributed by atoms with E-state index in [1.807, 2.05) is 0 Å². The van der Waals surface area contributed by atoms with Crippen LogP contribution in [0, 0.1) is 0 Å². The number of aliphatic imine (C=N–C) groups is 1. The Labute approximate surface area is 128 Å². The smallest absolute Gasteiger partial charge is 0.332 e. The van der Waals surface area contributed by atoms with Gasteiger partial charge < -0.3 is 10.8 Å². The van der Waals surface area contributed by atoms with Crippen LogP contribution in [0.15, 0.2) is 37.3 Å². The maximum Gasteiger partial charge on any atom is 0.332 e. The number of benzene rings is 1. The molecule has 1 aromatic carbocycles. The van der Waals surface area contributed by atoms with Gasteiger partial charge in [0.1, 0.15) is 11.4 Å². The van der Waals surface area contributed by atoms with Crippen LogP contribution in [0.5, 0.6) is 5.75 Å². The van der Waals surface area contributed by atoms with Gasteiger partial charge in [-0.2, -0.15) is 0 Å². The number of phenols is 1. The Balaban J connectivity index is 2.59. The SMILES string of the molecule is Cn1c(/N=C/c2cc(Br)ccc2O)c(N)c(=O)n(C)c1=O. The molecule has 7 nitrogen and oxygen atoms in total. The number of phenolic OH excluding ortho intramolecular Hbond substituents is 1. The molecule has 21 heavy (non-hydrogen) atoms. The van der Waals surface area contributed by atoms with Crippen molar-refractivity contribution >= 4 is 33.6 Å². The fourth-order valence-electron chi connectivity index (χ4n) is 1.78. The van der Waals surface area contributed by atoms with Crippen LogP contribution in [0.25, 0.3) is 0 Å². The lowest BCUT2D eigenvalue weighted by Gasteiger charge is -2.08. The normalized spacial score (nSPS) is 11.2. The Morgan fingerprint density at radius 3 is 2.62 bits per heavy atom. The number of halogens is 1. The second-order valence-corrected chi connectivity index (χ2v) is 5.32. The van der Waals surface area contributed by atoms with Gasteiger partial charge in [0.2, 0.25) is 0 Å². The molecular weight excluding hydrogens is 340 g/mol. The van der Waals surface area contributed by atoms with Gasteiger partial charge in [0.15, 0.2) is 5.82 Å². The van der Waals surface area contributed by atoms with Crippen molar-refractivity contribution in [3.8, 4) is 5.75 Å². The minimum atomic E-state index is -0.608. The minimum absolute atomic E-state index is 0.0226. The third-order valence-corrected chi connectivity index (χ3v) is 3.48. The van der Waals surface area contributed by atoms with E-state index in [0.29, 0.717) is 5.56 Å². The molecule has 0 amide bonds. The highest BCUT2D eigenvalue weighted by Crippen LogP contribution is 2.21. The van der Waals surface area contributed by atoms with Gasteiger partial charge in [0.05, 0.1) is 0 Å². The van der Waals surface area contributed by atoms with E-state index in [1.165, 1.54) is 30.9 Å². The average Bonchev–Trinajstić information content (AvgIpc) is 2.46. The number of aromatic nitrogens is 2. The van der Waals surface area contributed by atoms with Gasteiger partial charge in [0.25, 0.3) is 5.56 Å². The van der Waals surface area contributed by atoms with E-state index in [0.717, 1.165) is 9.04 Å². The lowest BCUT2D eigenvalue weighted by molar-refractivity contribution is 0.474. The quantitative estimate of drug-likeness (QED) is 0.783. The second kappa shape index (κ2) is 5.57. The van der Waals surface area contributed by atoms with Crippen molar-refractivity contribution in [3.63, 3.8) is 0 Å². The third kappa shape index (κ3) is 2.75. The lowest BCUT2D eigenvalue weighted by atomic mass is 10.2. The molecule has 0 aliphatic carbocycles. The van der Waals surface area contributed by atoms with Crippen LogP contribution in [-0.4, -0.2) is 20.5 Å². The van der Waals surface area contributed by atoms with Crippen molar-refractivity contribution in [2.75, 3.05) is 5.73 Å². The third-order valence-electron chi connectivity index (χ3n) is 2.98. The van der Waals surface area contributed by atoms with E-state index in [2.05, 4.69) is 20.9 Å². The van der Waals surface area contributed by atoms with E-state index >= 15 is 0 Å². The Bertz CT molecular complexity index is 814. The van der Waals surface area contributed by atoms with Crippen molar-refractivity contribution in [1.82, 2.24) is 9.13 Å². The van der Waals surface area contributed by atoms with E-state index in [1.54, 1.807) is 12.1 Å². The number of anilines is 1. The fraction of sp³-hybridized carbons (Fsp3) is 0.154. The van der Waals surface area contributed by atoms with Crippen LogP contribution < -0.4 is 17.0 Å². The zero-order chi connectivity index (χ0) is 15.7. The Hall–Kier alpha value is -2.35. The van der Waals surface area contributed by atoms with Gasteiger partial charge in [-0.3, -0.25) is 13.9 Å². The molecule has 3 N–H and O–H groups in total. The first-order chi connectivity index (χ1) is 9.82. The summed E-state index contributed by atoms with van der Waals surface area (Å²) >= 11 is 3.28. The zero-order valence-corrected chi connectivity index (χ0v) is 13.0. The van der Waals surface area contributed by atoms with Crippen LogP contribution >= 0.6 is 15.9 Å². The molecule has 2 rings (SSSR count). The number of aromatic hydroxyl groups is 1. The molecule has 0 unspecified atom stereocenters. The second-order valence-electron chi connectivity index (χ2n) is 4.40. The van der Waals surface area contributed by atoms with Crippen LogP contribution in [0.4, 0.5) is 11.5 Å². The van der Waals surface area contributed by atoms with Crippen molar-refractivity contribution in [1.29, 1.82) is 0 Å². The number of hydrogen-bond donors (Lipinski definition) is 2. The number of nitrogen functional groups attached to an aromatic ring is 1. The summed E-state index contributed by atoms with van der Waals surface area (Å²) in [5, 5.41) is 9.73. The van der Waals surface area contributed by atoms with Crippen LogP contribution in [0.3, 0.4) is 0 Å². The van der Waals surface area contributed by atoms with Gasteiger partial charge in [-0.05, 0) is 18.2 Å². The summed E-state index contributed by atoms with van der Waals surface area (Å²) in [6.45, 7) is 0. The Kier molecular flexibility index (Phi) is 3.99. The molecule has 0 fully saturated rings. The first-order valence-corrected chi connectivity index (χ1v) is 6.70. The molecule has 0 bridgehead atoms. The van der Waals surface area contributed by atoms with Crippen molar-refractivity contribution in [2.24, 2.45) is 19.1 Å². The molecule has 110 valence electrons. The van der Waals surface area contributed by atoms with Crippen LogP contribution in [-0.2, 0) is 14.1 Å². The van der Waals surface area contributed by atoms with E-state index in [4.69, 9.17) is 5.73 Å². The maximum absolute atomic E-state index is 11.8. The molecule has 1 heterocycles. The number of rotatable bonds is 2. The highest BCUT2D eigenvalue weighted by atomic mass is 79.9. The van der Waals surface area contributed by atoms with E-state index in [9.17, 15) is 14.7 Å². The predicted molar refractivity (Wildman–Crippen MR) is 84.4 cm³/mol. The Morgan fingerprint density at radius 1 is 1.29 bits per heavy atom. The maximum atomic E-state index is 11.8. The summed E-state index contributed by atoms with van der Waals surface area (Å²) in [5.74, 6) is 0.0665. The number of nitrogens with two attached hydrogens (primary N) is 1. The number of nitrogens with zero attached hydrogens (tertiary/aromatic N) is 3. The molecular formula is C13H13BrN4O3. The molecule has 0 aliphatic rings. The fourth-order valence-corrected chi connectivity index (χ4v) is 2.15. The molecule has 2 aromatic rings. The topological polar surface area (TPSA) is 103 Å². The predicted octanol–water partition coefficient (Wildman–Crippen LogP) is 0.885. The van der Waals surface area contributed by atoms with Gasteiger partial charge >= 0.3 is 5.69 Å². The molecule has 1 aromatic heterocycles. The highest BCUT2D eigenvalue weighted by molar-refractivity contribution is 9.10.